The number of anilines is 1. The van der Waals surface area contributed by atoms with E-state index in [1.54, 1.807) is 18.3 Å². The first kappa shape index (κ1) is 19.3. The second-order valence-electron chi connectivity index (χ2n) is 7.62. The number of aromatic nitrogens is 3. The Morgan fingerprint density at radius 2 is 2.18 bits per heavy atom. The van der Waals surface area contributed by atoms with E-state index in [4.69, 9.17) is 9.97 Å². The fourth-order valence-electron chi connectivity index (χ4n) is 4.21. The van der Waals surface area contributed by atoms with E-state index in [0.717, 1.165) is 60.4 Å². The van der Waals surface area contributed by atoms with Gasteiger partial charge < -0.3 is 10.2 Å². The zero-order valence-electron chi connectivity index (χ0n) is 16.9. The number of fused-ring (bicyclic) bond motifs is 1. The van der Waals surface area contributed by atoms with E-state index in [0.29, 0.717) is 6.54 Å². The molecule has 0 aliphatic carbocycles. The summed E-state index contributed by atoms with van der Waals surface area (Å²) < 4.78 is 0. The second kappa shape index (κ2) is 8.13. The highest BCUT2D eigenvalue weighted by molar-refractivity contribution is 7.11. The Morgan fingerprint density at radius 1 is 1.32 bits per heavy atom. The molecule has 0 bridgehead atoms. The summed E-state index contributed by atoms with van der Waals surface area (Å²) in [4.78, 5) is 31.8. The number of piperidine rings is 1. The largest absolute Gasteiger partial charge is 0.373 e. The Balaban J connectivity index is 1.62. The lowest BCUT2D eigenvalue weighted by molar-refractivity contribution is -0.129. The highest BCUT2D eigenvalue weighted by Gasteiger charge is 2.30. The lowest BCUT2D eigenvalue weighted by atomic mass is 10.00. The maximum Gasteiger partial charge on any atom is 0.219 e. The molecule has 1 N–H and O–H groups in total. The number of carbonyl (C=O) groups excluding carboxylic acids is 1. The van der Waals surface area contributed by atoms with Gasteiger partial charge in [-0.25, -0.2) is 15.0 Å². The Bertz CT molecular complexity index is 849. The molecule has 7 nitrogen and oxygen atoms in total. The number of nitrogens with zero attached hydrogens (tertiary/aromatic N) is 5. The molecular formula is C20H28N6OS. The zero-order chi connectivity index (χ0) is 19.7. The minimum atomic E-state index is 0.107. The van der Waals surface area contributed by atoms with E-state index in [1.807, 2.05) is 18.1 Å². The fraction of sp³-hybridized carbons (Fsp3) is 0.600. The summed E-state index contributed by atoms with van der Waals surface area (Å²) in [6.45, 7) is 6.98. The Hall–Kier alpha value is -2.06. The molecule has 150 valence electrons. The third-order valence-corrected chi connectivity index (χ3v) is 6.60. The molecule has 1 unspecified atom stereocenters. The van der Waals surface area contributed by atoms with Gasteiger partial charge in [-0.1, -0.05) is 6.42 Å². The van der Waals surface area contributed by atoms with Gasteiger partial charge in [-0.05, 0) is 26.3 Å². The first-order valence-electron chi connectivity index (χ1n) is 10.0. The molecule has 8 heteroatoms. The molecule has 0 aromatic carbocycles. The van der Waals surface area contributed by atoms with Crippen LogP contribution in [0.2, 0.25) is 0 Å². The van der Waals surface area contributed by atoms with Gasteiger partial charge in [0.05, 0.1) is 23.3 Å². The SMILES string of the molecule is CNc1nc(C2CCCCN2Cc2cnc(C)s2)nc2c1CN(C(C)=O)CC2. The average molecular weight is 401 g/mol. The summed E-state index contributed by atoms with van der Waals surface area (Å²) in [6.07, 6.45) is 6.29. The van der Waals surface area contributed by atoms with Crippen molar-refractivity contribution in [3.05, 3.63) is 33.2 Å². The van der Waals surface area contributed by atoms with Crippen LogP contribution < -0.4 is 5.32 Å². The van der Waals surface area contributed by atoms with Crippen LogP contribution in [-0.4, -0.2) is 50.8 Å². The molecule has 2 aromatic rings. The number of nitrogens with one attached hydrogen (secondary N) is 1. The first-order chi connectivity index (χ1) is 13.5. The van der Waals surface area contributed by atoms with Crippen LogP contribution in [0.15, 0.2) is 6.20 Å². The van der Waals surface area contributed by atoms with Gasteiger partial charge in [0.15, 0.2) is 0 Å². The molecule has 1 fully saturated rings. The van der Waals surface area contributed by atoms with E-state index in [9.17, 15) is 4.79 Å². The Kier molecular flexibility index (Phi) is 5.59. The summed E-state index contributed by atoms with van der Waals surface area (Å²) in [7, 11) is 1.90. The fourth-order valence-corrected chi connectivity index (χ4v) is 5.03. The molecule has 2 aromatic heterocycles. The summed E-state index contributed by atoms with van der Waals surface area (Å²) in [5.74, 6) is 1.89. The van der Waals surface area contributed by atoms with Crippen molar-refractivity contribution >= 4 is 23.1 Å². The van der Waals surface area contributed by atoms with Crippen LogP contribution in [-0.2, 0) is 24.3 Å². The quantitative estimate of drug-likeness (QED) is 0.851. The van der Waals surface area contributed by atoms with Crippen molar-refractivity contribution in [2.45, 2.75) is 58.7 Å². The van der Waals surface area contributed by atoms with Crippen molar-refractivity contribution < 1.29 is 4.79 Å². The predicted octanol–water partition coefficient (Wildman–Crippen LogP) is 2.92. The smallest absolute Gasteiger partial charge is 0.219 e. The molecule has 28 heavy (non-hydrogen) atoms. The number of thiazole rings is 1. The molecular weight excluding hydrogens is 372 g/mol. The molecule has 4 heterocycles. The van der Waals surface area contributed by atoms with Crippen molar-refractivity contribution in [2.75, 3.05) is 25.5 Å². The van der Waals surface area contributed by atoms with Crippen LogP contribution in [0.3, 0.4) is 0 Å². The molecule has 2 aliphatic heterocycles. The van der Waals surface area contributed by atoms with Gasteiger partial charge in [-0.2, -0.15) is 0 Å². The summed E-state index contributed by atoms with van der Waals surface area (Å²) in [5, 5.41) is 4.36. The lowest BCUT2D eigenvalue weighted by Gasteiger charge is -2.35. The van der Waals surface area contributed by atoms with Gasteiger partial charge in [0.2, 0.25) is 5.91 Å². The van der Waals surface area contributed by atoms with Crippen molar-refractivity contribution in [2.24, 2.45) is 0 Å². The van der Waals surface area contributed by atoms with Crippen molar-refractivity contribution in [3.8, 4) is 0 Å². The van der Waals surface area contributed by atoms with E-state index in [2.05, 4.69) is 22.1 Å². The molecule has 0 saturated carbocycles. The van der Waals surface area contributed by atoms with Gasteiger partial charge >= 0.3 is 0 Å². The number of carbonyl (C=O) groups is 1. The molecule has 2 aliphatic rings. The maximum absolute atomic E-state index is 11.8. The summed E-state index contributed by atoms with van der Waals surface area (Å²) in [5.41, 5.74) is 2.15. The molecule has 1 saturated heterocycles. The zero-order valence-corrected chi connectivity index (χ0v) is 17.7. The number of rotatable bonds is 4. The molecule has 1 atom stereocenters. The summed E-state index contributed by atoms with van der Waals surface area (Å²) in [6, 6.07) is 0.236. The number of hydrogen-bond acceptors (Lipinski definition) is 7. The van der Waals surface area contributed by atoms with Crippen LogP contribution in [0.1, 0.15) is 59.2 Å². The minimum absolute atomic E-state index is 0.107. The minimum Gasteiger partial charge on any atom is -0.373 e. The van der Waals surface area contributed by atoms with Gasteiger partial charge in [-0.15, -0.1) is 11.3 Å². The van der Waals surface area contributed by atoms with Crippen LogP contribution in [0.5, 0.6) is 0 Å². The monoisotopic (exact) mass is 400 g/mol. The third-order valence-electron chi connectivity index (χ3n) is 5.70. The Morgan fingerprint density at radius 3 is 2.89 bits per heavy atom. The molecule has 1 amide bonds. The highest BCUT2D eigenvalue weighted by Crippen LogP contribution is 2.33. The first-order valence-corrected chi connectivity index (χ1v) is 10.8. The van der Waals surface area contributed by atoms with Crippen LogP contribution in [0.4, 0.5) is 5.82 Å². The number of likely N-dealkylation sites (tertiary alicyclic amines) is 1. The normalized spacial score (nSPS) is 20.1. The number of hydrogen-bond donors (Lipinski definition) is 1. The van der Waals surface area contributed by atoms with E-state index in [1.165, 1.54) is 17.7 Å². The average Bonchev–Trinajstić information content (AvgIpc) is 3.11. The number of amides is 1. The van der Waals surface area contributed by atoms with Crippen LogP contribution >= 0.6 is 11.3 Å². The third kappa shape index (κ3) is 3.89. The predicted molar refractivity (Wildman–Crippen MR) is 110 cm³/mol. The second-order valence-corrected chi connectivity index (χ2v) is 8.94. The van der Waals surface area contributed by atoms with Gasteiger partial charge in [-0.3, -0.25) is 9.69 Å². The molecule has 0 spiro atoms. The molecule has 0 radical (unpaired) electrons. The van der Waals surface area contributed by atoms with Crippen LogP contribution in [0.25, 0.3) is 0 Å². The lowest BCUT2D eigenvalue weighted by Crippen LogP contribution is -2.37. The van der Waals surface area contributed by atoms with E-state index < -0.39 is 0 Å². The highest BCUT2D eigenvalue weighted by atomic mass is 32.1. The molecule has 4 rings (SSSR count). The van der Waals surface area contributed by atoms with Crippen molar-refractivity contribution in [1.82, 2.24) is 24.8 Å². The van der Waals surface area contributed by atoms with Gasteiger partial charge in [0.1, 0.15) is 11.6 Å². The Labute approximate surface area is 170 Å². The van der Waals surface area contributed by atoms with Gasteiger partial charge in [0, 0.05) is 50.1 Å². The summed E-state index contributed by atoms with van der Waals surface area (Å²) >= 11 is 1.77. The maximum atomic E-state index is 11.8. The topological polar surface area (TPSA) is 74.2 Å². The van der Waals surface area contributed by atoms with Crippen molar-refractivity contribution in [1.29, 1.82) is 0 Å². The van der Waals surface area contributed by atoms with E-state index in [-0.39, 0.29) is 11.9 Å². The van der Waals surface area contributed by atoms with Gasteiger partial charge in [0.25, 0.3) is 0 Å². The van der Waals surface area contributed by atoms with Crippen molar-refractivity contribution in [3.63, 3.8) is 0 Å². The van der Waals surface area contributed by atoms with E-state index >= 15 is 0 Å². The number of aryl methyl sites for hydroxylation is 1. The standard InChI is InChI=1S/C20H28N6OS/c1-13-22-10-15(28-13)11-26-8-5-4-6-18(26)20-23-17-7-9-25(14(2)27)12-16(17)19(21-3)24-20/h10,18H,4-9,11-12H2,1-3H3,(H,21,23,24). The van der Waals surface area contributed by atoms with Crippen LogP contribution in [0, 0.1) is 6.92 Å².